The quantitative estimate of drug-likeness (QED) is 0.671. The maximum absolute atomic E-state index is 11.1. The number of primary amides is 1. The fraction of sp³-hybridized carbons (Fsp3) is 0.300. The van der Waals surface area contributed by atoms with Crippen LogP contribution in [-0.4, -0.2) is 19.0 Å². The number of nitrogen functional groups attached to an aromatic ring is 1. The molecule has 0 spiro atoms. The van der Waals surface area contributed by atoms with Gasteiger partial charge in [0.1, 0.15) is 0 Å². The molecule has 1 saturated heterocycles. The van der Waals surface area contributed by atoms with Crippen LogP contribution in [0, 0.1) is 0 Å². The lowest BCUT2D eigenvalue weighted by Gasteiger charge is -2.34. The monoisotopic (exact) mass is 191 g/mol. The number of amides is 1. The highest BCUT2D eigenvalue weighted by Crippen LogP contribution is 2.26. The minimum atomic E-state index is -0.396. The molecule has 0 unspecified atom stereocenters. The molecule has 0 aliphatic carbocycles. The molecule has 1 fully saturated rings. The molecule has 2 rings (SSSR count). The van der Waals surface area contributed by atoms with E-state index in [1.54, 1.807) is 18.2 Å². The highest BCUT2D eigenvalue weighted by Gasteiger charge is 2.19. The summed E-state index contributed by atoms with van der Waals surface area (Å²) in [4.78, 5) is 13.2. The van der Waals surface area contributed by atoms with Crippen LogP contribution in [-0.2, 0) is 0 Å². The maximum Gasteiger partial charge on any atom is 0.250 e. The standard InChI is InChI=1S/C10H13N3O/c11-7-2-3-8(10(12)14)9(6-7)13-4-1-5-13/h2-3,6H,1,4-5,11H2,(H2,12,14). The average molecular weight is 191 g/mol. The third-order valence-corrected chi connectivity index (χ3v) is 2.48. The topological polar surface area (TPSA) is 72.3 Å². The van der Waals surface area contributed by atoms with Crippen LogP contribution in [0.2, 0.25) is 0 Å². The van der Waals surface area contributed by atoms with Crippen LogP contribution >= 0.6 is 0 Å². The molecule has 1 aromatic carbocycles. The first-order valence-electron chi connectivity index (χ1n) is 4.63. The van der Waals surface area contributed by atoms with E-state index in [0.717, 1.165) is 25.2 Å². The van der Waals surface area contributed by atoms with Crippen molar-refractivity contribution in [3.8, 4) is 0 Å². The number of hydrogen-bond donors (Lipinski definition) is 2. The van der Waals surface area contributed by atoms with Crippen LogP contribution in [0.4, 0.5) is 11.4 Å². The SMILES string of the molecule is NC(=O)c1ccc(N)cc1N1CCC1. The van der Waals surface area contributed by atoms with Gasteiger partial charge in [-0.2, -0.15) is 0 Å². The van der Waals surface area contributed by atoms with E-state index in [1.807, 2.05) is 0 Å². The van der Waals surface area contributed by atoms with Gasteiger partial charge in [0.15, 0.2) is 0 Å². The van der Waals surface area contributed by atoms with Crippen LogP contribution in [0.1, 0.15) is 16.8 Å². The van der Waals surface area contributed by atoms with Gasteiger partial charge in [0.2, 0.25) is 0 Å². The lowest BCUT2D eigenvalue weighted by Crippen LogP contribution is -2.38. The number of anilines is 2. The van der Waals surface area contributed by atoms with Crippen molar-refractivity contribution in [2.75, 3.05) is 23.7 Å². The molecule has 1 aromatic rings. The number of carbonyl (C=O) groups excluding carboxylic acids is 1. The Labute approximate surface area is 82.5 Å². The fourth-order valence-electron chi connectivity index (χ4n) is 1.58. The van der Waals surface area contributed by atoms with Crippen molar-refractivity contribution >= 4 is 17.3 Å². The lowest BCUT2D eigenvalue weighted by atomic mass is 10.1. The third kappa shape index (κ3) is 1.39. The average Bonchev–Trinajstić information content (AvgIpc) is 2.00. The predicted octanol–water partition coefficient (Wildman–Crippen LogP) is 0.578. The zero-order valence-corrected chi connectivity index (χ0v) is 7.86. The normalized spacial score (nSPS) is 15.0. The van der Waals surface area contributed by atoms with E-state index in [2.05, 4.69) is 4.90 Å². The van der Waals surface area contributed by atoms with E-state index in [-0.39, 0.29) is 0 Å². The molecule has 4 heteroatoms. The zero-order valence-electron chi connectivity index (χ0n) is 7.86. The molecule has 4 N–H and O–H groups in total. The van der Waals surface area contributed by atoms with Crippen molar-refractivity contribution in [2.45, 2.75) is 6.42 Å². The van der Waals surface area contributed by atoms with E-state index in [4.69, 9.17) is 11.5 Å². The largest absolute Gasteiger partial charge is 0.399 e. The van der Waals surface area contributed by atoms with Gasteiger partial charge in [-0.05, 0) is 24.6 Å². The van der Waals surface area contributed by atoms with Gasteiger partial charge in [0, 0.05) is 18.8 Å². The molecule has 0 radical (unpaired) electrons. The second-order valence-corrected chi connectivity index (χ2v) is 3.48. The van der Waals surface area contributed by atoms with E-state index >= 15 is 0 Å². The van der Waals surface area contributed by atoms with Crippen LogP contribution in [0.5, 0.6) is 0 Å². The third-order valence-electron chi connectivity index (χ3n) is 2.48. The minimum Gasteiger partial charge on any atom is -0.399 e. The van der Waals surface area contributed by atoms with Gasteiger partial charge in [-0.25, -0.2) is 0 Å². The number of nitrogens with zero attached hydrogens (tertiary/aromatic N) is 1. The van der Waals surface area contributed by atoms with Crippen LogP contribution < -0.4 is 16.4 Å². The Morgan fingerprint density at radius 1 is 1.36 bits per heavy atom. The van der Waals surface area contributed by atoms with Crippen molar-refractivity contribution in [2.24, 2.45) is 5.73 Å². The summed E-state index contributed by atoms with van der Waals surface area (Å²) >= 11 is 0. The number of rotatable bonds is 2. The Morgan fingerprint density at radius 3 is 2.57 bits per heavy atom. The van der Waals surface area contributed by atoms with E-state index in [0.29, 0.717) is 11.3 Å². The summed E-state index contributed by atoms with van der Waals surface area (Å²) in [5.74, 6) is -0.396. The molecule has 0 bridgehead atoms. The summed E-state index contributed by atoms with van der Waals surface area (Å²) in [5.41, 5.74) is 13.0. The summed E-state index contributed by atoms with van der Waals surface area (Å²) in [6, 6.07) is 5.19. The zero-order chi connectivity index (χ0) is 10.1. The number of nitrogens with two attached hydrogens (primary N) is 2. The van der Waals surface area contributed by atoms with Crippen LogP contribution in [0.3, 0.4) is 0 Å². The summed E-state index contributed by atoms with van der Waals surface area (Å²) in [6.45, 7) is 1.95. The van der Waals surface area contributed by atoms with Crippen molar-refractivity contribution in [3.63, 3.8) is 0 Å². The predicted molar refractivity (Wildman–Crippen MR) is 56.2 cm³/mol. The van der Waals surface area contributed by atoms with Crippen LogP contribution in [0.15, 0.2) is 18.2 Å². The second kappa shape index (κ2) is 3.21. The highest BCUT2D eigenvalue weighted by molar-refractivity contribution is 5.99. The second-order valence-electron chi connectivity index (χ2n) is 3.48. The molecule has 1 heterocycles. The summed E-state index contributed by atoms with van der Waals surface area (Å²) in [5, 5.41) is 0. The molecule has 74 valence electrons. The van der Waals surface area contributed by atoms with Crippen molar-refractivity contribution in [1.82, 2.24) is 0 Å². The molecule has 0 aromatic heterocycles. The Hall–Kier alpha value is -1.71. The summed E-state index contributed by atoms with van der Waals surface area (Å²) in [7, 11) is 0. The Kier molecular flexibility index (Phi) is 2.04. The van der Waals surface area contributed by atoms with Gasteiger partial charge in [-0.3, -0.25) is 4.79 Å². The fourth-order valence-corrected chi connectivity index (χ4v) is 1.58. The first-order chi connectivity index (χ1) is 6.68. The molecular formula is C10H13N3O. The minimum absolute atomic E-state index is 0.396. The molecule has 0 atom stereocenters. The first-order valence-corrected chi connectivity index (χ1v) is 4.63. The Morgan fingerprint density at radius 2 is 2.07 bits per heavy atom. The van der Waals surface area contributed by atoms with Crippen molar-refractivity contribution < 1.29 is 4.79 Å². The lowest BCUT2D eigenvalue weighted by molar-refractivity contribution is 0.100. The number of carbonyl (C=O) groups is 1. The first kappa shape index (κ1) is 8.87. The van der Waals surface area contributed by atoms with Gasteiger partial charge in [0.05, 0.1) is 11.3 Å². The smallest absolute Gasteiger partial charge is 0.250 e. The summed E-state index contributed by atoms with van der Waals surface area (Å²) < 4.78 is 0. The van der Waals surface area contributed by atoms with E-state index in [9.17, 15) is 4.79 Å². The highest BCUT2D eigenvalue weighted by atomic mass is 16.1. The molecule has 1 aliphatic heterocycles. The summed E-state index contributed by atoms with van der Waals surface area (Å²) in [6.07, 6.45) is 1.16. The van der Waals surface area contributed by atoms with Crippen molar-refractivity contribution in [3.05, 3.63) is 23.8 Å². The van der Waals surface area contributed by atoms with Gasteiger partial charge in [-0.15, -0.1) is 0 Å². The molecule has 0 saturated carbocycles. The number of hydrogen-bond acceptors (Lipinski definition) is 3. The van der Waals surface area contributed by atoms with Gasteiger partial charge in [0.25, 0.3) is 5.91 Å². The maximum atomic E-state index is 11.1. The van der Waals surface area contributed by atoms with Gasteiger partial charge < -0.3 is 16.4 Å². The molecular weight excluding hydrogens is 178 g/mol. The number of benzene rings is 1. The van der Waals surface area contributed by atoms with Crippen molar-refractivity contribution in [1.29, 1.82) is 0 Å². The molecule has 1 amide bonds. The van der Waals surface area contributed by atoms with Gasteiger partial charge in [-0.1, -0.05) is 0 Å². The van der Waals surface area contributed by atoms with E-state index in [1.165, 1.54) is 0 Å². The molecule has 4 nitrogen and oxygen atoms in total. The molecule has 14 heavy (non-hydrogen) atoms. The van der Waals surface area contributed by atoms with Gasteiger partial charge >= 0.3 is 0 Å². The Balaban J connectivity index is 2.42. The Bertz CT molecular complexity index is 372. The van der Waals surface area contributed by atoms with Crippen LogP contribution in [0.25, 0.3) is 0 Å². The van der Waals surface area contributed by atoms with E-state index < -0.39 is 5.91 Å². The molecule has 1 aliphatic rings.